The third-order valence-corrected chi connectivity index (χ3v) is 4.72. The quantitative estimate of drug-likeness (QED) is 0.645. The zero-order valence-corrected chi connectivity index (χ0v) is 15.8. The predicted octanol–water partition coefficient (Wildman–Crippen LogP) is 2.78. The first kappa shape index (κ1) is 18.9. The molecule has 142 valence electrons. The normalized spacial score (nSPS) is 13.9. The van der Waals surface area contributed by atoms with Gasteiger partial charge in [-0.3, -0.25) is 9.79 Å². The Hall–Kier alpha value is -2.89. The van der Waals surface area contributed by atoms with Gasteiger partial charge in [0.05, 0.1) is 6.54 Å². The summed E-state index contributed by atoms with van der Waals surface area (Å²) in [5.74, 6) is 0.340. The number of aryl methyl sites for hydroxylation is 2. The molecule has 0 atom stereocenters. The van der Waals surface area contributed by atoms with Gasteiger partial charge >= 0.3 is 0 Å². The molecule has 2 N–H and O–H groups in total. The van der Waals surface area contributed by atoms with E-state index in [4.69, 9.17) is 0 Å². The van der Waals surface area contributed by atoms with E-state index in [1.165, 1.54) is 11.6 Å². The minimum Gasteiger partial charge on any atom is -0.352 e. The number of carbonyl (C=O) groups excluding carboxylic acids is 1. The van der Waals surface area contributed by atoms with Crippen LogP contribution in [0.1, 0.15) is 23.1 Å². The van der Waals surface area contributed by atoms with E-state index in [9.17, 15) is 9.18 Å². The molecule has 1 amide bonds. The molecule has 3 rings (SSSR count). The van der Waals surface area contributed by atoms with Crippen molar-refractivity contribution in [1.29, 1.82) is 0 Å². The van der Waals surface area contributed by atoms with Crippen molar-refractivity contribution in [2.24, 2.45) is 4.99 Å². The molecule has 0 radical (unpaired) electrons. The molecule has 0 spiro atoms. The number of benzene rings is 2. The first-order valence-corrected chi connectivity index (χ1v) is 9.16. The van der Waals surface area contributed by atoms with E-state index in [0.29, 0.717) is 18.1 Å². The van der Waals surface area contributed by atoms with Crippen LogP contribution in [0.2, 0.25) is 0 Å². The second-order valence-electron chi connectivity index (χ2n) is 6.64. The van der Waals surface area contributed by atoms with Gasteiger partial charge in [-0.25, -0.2) is 4.39 Å². The minimum absolute atomic E-state index is 0.0164. The summed E-state index contributed by atoms with van der Waals surface area (Å²) in [6, 6.07) is 13.0. The van der Waals surface area contributed by atoms with Crippen LogP contribution in [0.5, 0.6) is 0 Å². The van der Waals surface area contributed by atoms with Crippen LogP contribution in [0.3, 0.4) is 0 Å². The molecule has 1 aliphatic heterocycles. The monoisotopic (exact) mass is 368 g/mol. The first-order valence-electron chi connectivity index (χ1n) is 9.16. The summed E-state index contributed by atoms with van der Waals surface area (Å²) >= 11 is 0. The highest BCUT2D eigenvalue weighted by molar-refractivity contribution is 5.98. The number of guanidine groups is 1. The van der Waals surface area contributed by atoms with Crippen molar-refractivity contribution in [2.75, 3.05) is 25.0 Å². The number of fused-ring (bicyclic) bond motifs is 1. The predicted molar refractivity (Wildman–Crippen MR) is 106 cm³/mol. The van der Waals surface area contributed by atoms with E-state index < -0.39 is 0 Å². The average molecular weight is 368 g/mol. The summed E-state index contributed by atoms with van der Waals surface area (Å²) in [5.41, 5.74) is 3.77. The Morgan fingerprint density at radius 2 is 2.04 bits per heavy atom. The van der Waals surface area contributed by atoms with Crippen LogP contribution in [-0.4, -0.2) is 32.0 Å². The Kier molecular flexibility index (Phi) is 6.06. The van der Waals surface area contributed by atoms with Crippen molar-refractivity contribution in [1.82, 2.24) is 10.6 Å². The smallest absolute Gasteiger partial charge is 0.246 e. The number of anilines is 1. The highest BCUT2D eigenvalue weighted by Crippen LogP contribution is 2.26. The maximum absolute atomic E-state index is 13.4. The van der Waals surface area contributed by atoms with Crippen molar-refractivity contribution in [2.45, 2.75) is 26.3 Å². The lowest BCUT2D eigenvalue weighted by molar-refractivity contribution is -0.117. The van der Waals surface area contributed by atoms with Crippen molar-refractivity contribution >= 4 is 17.6 Å². The number of hydrogen-bond donors (Lipinski definition) is 2. The van der Waals surface area contributed by atoms with Gasteiger partial charge in [-0.2, -0.15) is 0 Å². The minimum atomic E-state index is -0.214. The third-order valence-electron chi connectivity index (χ3n) is 4.72. The number of rotatable bonds is 4. The van der Waals surface area contributed by atoms with Crippen LogP contribution < -0.4 is 15.5 Å². The first-order chi connectivity index (χ1) is 13.1. The fourth-order valence-corrected chi connectivity index (χ4v) is 3.27. The Morgan fingerprint density at radius 3 is 2.81 bits per heavy atom. The van der Waals surface area contributed by atoms with Gasteiger partial charge in [0.25, 0.3) is 0 Å². The molecular formula is C21H25FN4O. The molecular weight excluding hydrogens is 343 g/mol. The molecule has 6 heteroatoms. The van der Waals surface area contributed by atoms with E-state index in [1.54, 1.807) is 26.1 Å². The number of para-hydroxylation sites is 1. The standard InChI is InChI=1S/C21H25FN4O/c1-15-12-16(9-10-18(15)22)13-24-21(23-2)25-14-20(27)26-11-5-7-17-6-3-4-8-19(17)26/h3-4,6,8-10,12H,5,7,11,13-14H2,1-2H3,(H2,23,24,25). The number of nitrogens with zero attached hydrogens (tertiary/aromatic N) is 2. The van der Waals surface area contributed by atoms with E-state index >= 15 is 0 Å². The van der Waals surface area contributed by atoms with Crippen molar-refractivity contribution in [3.63, 3.8) is 0 Å². The number of amides is 1. The molecule has 0 saturated carbocycles. The molecule has 2 aromatic rings. The lowest BCUT2D eigenvalue weighted by Crippen LogP contribution is -2.45. The zero-order valence-electron chi connectivity index (χ0n) is 15.8. The molecule has 1 aliphatic rings. The van der Waals surface area contributed by atoms with E-state index in [0.717, 1.165) is 30.6 Å². The SMILES string of the molecule is CN=C(NCC(=O)N1CCCc2ccccc21)NCc1ccc(F)c(C)c1. The molecule has 5 nitrogen and oxygen atoms in total. The Labute approximate surface area is 159 Å². The summed E-state index contributed by atoms with van der Waals surface area (Å²) in [5, 5.41) is 6.22. The van der Waals surface area contributed by atoms with Crippen molar-refractivity contribution < 1.29 is 9.18 Å². The lowest BCUT2D eigenvalue weighted by atomic mass is 10.0. The maximum Gasteiger partial charge on any atom is 0.246 e. The van der Waals surface area contributed by atoms with E-state index in [1.807, 2.05) is 23.1 Å². The molecule has 1 heterocycles. The van der Waals surface area contributed by atoms with Gasteiger partial charge in [0.2, 0.25) is 5.91 Å². The number of nitrogens with one attached hydrogen (secondary N) is 2. The molecule has 0 aromatic heterocycles. The van der Waals surface area contributed by atoms with Gasteiger partial charge in [0.1, 0.15) is 5.82 Å². The highest BCUT2D eigenvalue weighted by atomic mass is 19.1. The largest absolute Gasteiger partial charge is 0.352 e. The summed E-state index contributed by atoms with van der Waals surface area (Å²) in [4.78, 5) is 18.7. The van der Waals surface area contributed by atoms with Gasteiger partial charge in [0, 0.05) is 25.8 Å². The summed E-state index contributed by atoms with van der Waals surface area (Å²) in [7, 11) is 1.66. The summed E-state index contributed by atoms with van der Waals surface area (Å²) < 4.78 is 13.4. The van der Waals surface area contributed by atoms with Crippen LogP contribution in [0.15, 0.2) is 47.5 Å². The van der Waals surface area contributed by atoms with Gasteiger partial charge in [-0.15, -0.1) is 0 Å². The van der Waals surface area contributed by atoms with Crippen LogP contribution in [0.25, 0.3) is 0 Å². The van der Waals surface area contributed by atoms with Gasteiger partial charge in [-0.05, 0) is 48.6 Å². The van der Waals surface area contributed by atoms with Crippen LogP contribution in [0, 0.1) is 12.7 Å². The van der Waals surface area contributed by atoms with Gasteiger partial charge in [-0.1, -0.05) is 30.3 Å². The summed E-state index contributed by atoms with van der Waals surface area (Å²) in [6.07, 6.45) is 1.98. The fourth-order valence-electron chi connectivity index (χ4n) is 3.27. The third kappa shape index (κ3) is 4.64. The number of carbonyl (C=O) groups is 1. The molecule has 27 heavy (non-hydrogen) atoms. The van der Waals surface area contributed by atoms with E-state index in [2.05, 4.69) is 21.7 Å². The van der Waals surface area contributed by atoms with Crippen LogP contribution in [0.4, 0.5) is 10.1 Å². The summed E-state index contributed by atoms with van der Waals surface area (Å²) in [6.45, 7) is 3.14. The molecule has 2 aromatic carbocycles. The number of hydrogen-bond acceptors (Lipinski definition) is 2. The molecule has 0 saturated heterocycles. The molecule has 0 aliphatic carbocycles. The van der Waals surface area contributed by atoms with Gasteiger partial charge < -0.3 is 15.5 Å². The molecule has 0 bridgehead atoms. The molecule has 0 fully saturated rings. The van der Waals surface area contributed by atoms with Crippen molar-refractivity contribution in [3.8, 4) is 0 Å². The lowest BCUT2D eigenvalue weighted by Gasteiger charge is -2.29. The average Bonchev–Trinajstić information content (AvgIpc) is 2.70. The number of aliphatic imine (C=N–C) groups is 1. The van der Waals surface area contributed by atoms with Crippen LogP contribution in [-0.2, 0) is 17.8 Å². The Morgan fingerprint density at radius 1 is 1.22 bits per heavy atom. The van der Waals surface area contributed by atoms with Gasteiger partial charge in [0.15, 0.2) is 5.96 Å². The maximum atomic E-state index is 13.4. The van der Waals surface area contributed by atoms with Crippen LogP contribution >= 0.6 is 0 Å². The second-order valence-corrected chi connectivity index (χ2v) is 6.64. The number of halogens is 1. The zero-order chi connectivity index (χ0) is 19.2. The van der Waals surface area contributed by atoms with E-state index in [-0.39, 0.29) is 18.3 Å². The topological polar surface area (TPSA) is 56.7 Å². The second kappa shape index (κ2) is 8.66. The Bertz CT molecular complexity index is 850. The Balaban J connectivity index is 1.55. The van der Waals surface area contributed by atoms with Crippen molar-refractivity contribution in [3.05, 3.63) is 65.0 Å². The molecule has 0 unspecified atom stereocenters. The fraction of sp³-hybridized carbons (Fsp3) is 0.333. The highest BCUT2D eigenvalue weighted by Gasteiger charge is 2.21.